The highest BCUT2D eigenvalue weighted by molar-refractivity contribution is 7.94. The van der Waals surface area contributed by atoms with Crippen molar-refractivity contribution >= 4 is 33.0 Å². The van der Waals surface area contributed by atoms with Crippen molar-refractivity contribution in [2.45, 2.75) is 11.1 Å². The van der Waals surface area contributed by atoms with Gasteiger partial charge < -0.3 is 4.74 Å². The number of hydrogen-bond donors (Lipinski definition) is 1. The molecule has 2 aromatic rings. The smallest absolute Gasteiger partial charge is 0.358 e. The molecule has 0 unspecified atom stereocenters. The van der Waals surface area contributed by atoms with Crippen LogP contribution in [0, 0.1) is 6.92 Å². The van der Waals surface area contributed by atoms with Crippen LogP contribution in [0.3, 0.4) is 0 Å². The fourth-order valence-electron chi connectivity index (χ4n) is 1.42. The molecule has 0 aliphatic rings. The molecule has 1 N–H and O–H groups in total. The topological polar surface area (TPSA) is 98.2 Å². The summed E-state index contributed by atoms with van der Waals surface area (Å²) in [6, 6.07) is 1.67. The molecule has 0 aromatic carbocycles. The highest BCUT2D eigenvalue weighted by atomic mass is 32.2. The maximum absolute atomic E-state index is 12.3. The van der Waals surface area contributed by atoms with Crippen molar-refractivity contribution in [2.75, 3.05) is 11.8 Å². The molecule has 0 spiro atoms. The number of nitrogens with one attached hydrogen (secondary N) is 1. The number of hydrogen-bond acceptors (Lipinski definition) is 7. The van der Waals surface area contributed by atoms with Crippen LogP contribution in [0.4, 0.5) is 5.69 Å². The van der Waals surface area contributed by atoms with Crippen LogP contribution in [0.5, 0.6) is 0 Å². The number of anilines is 1. The van der Waals surface area contributed by atoms with E-state index in [1.165, 1.54) is 11.7 Å². The Morgan fingerprint density at radius 1 is 1.45 bits per heavy atom. The lowest BCUT2D eigenvalue weighted by molar-refractivity contribution is 0.0590. The quantitative estimate of drug-likeness (QED) is 0.857. The Morgan fingerprint density at radius 3 is 2.85 bits per heavy atom. The highest BCUT2D eigenvalue weighted by Crippen LogP contribution is 2.24. The molecular formula is C11H11N3O4S2. The van der Waals surface area contributed by atoms with Gasteiger partial charge in [0.1, 0.15) is 0 Å². The molecule has 0 saturated carbocycles. The van der Waals surface area contributed by atoms with Gasteiger partial charge in [0.25, 0.3) is 10.0 Å². The van der Waals surface area contributed by atoms with E-state index in [2.05, 4.69) is 19.4 Å². The molecule has 0 amide bonds. The van der Waals surface area contributed by atoms with Crippen molar-refractivity contribution in [2.24, 2.45) is 0 Å². The monoisotopic (exact) mass is 313 g/mol. The van der Waals surface area contributed by atoms with Gasteiger partial charge in [0.05, 0.1) is 24.5 Å². The molecule has 2 aromatic heterocycles. The summed E-state index contributed by atoms with van der Waals surface area (Å²) in [5, 5.41) is 0. The number of esters is 1. The molecule has 7 nitrogen and oxygen atoms in total. The third kappa shape index (κ3) is 2.78. The predicted molar refractivity (Wildman–Crippen MR) is 73.2 cm³/mol. The summed E-state index contributed by atoms with van der Waals surface area (Å²) in [5.41, 5.74) is 2.10. The van der Waals surface area contributed by atoms with Gasteiger partial charge in [-0.15, -0.1) is 11.3 Å². The molecule has 0 aliphatic carbocycles. The second kappa shape index (κ2) is 5.55. The third-order valence-electron chi connectivity index (χ3n) is 2.44. The number of ether oxygens (including phenoxy) is 1. The molecule has 20 heavy (non-hydrogen) atoms. The maximum atomic E-state index is 12.3. The molecular weight excluding hydrogens is 302 g/mol. The summed E-state index contributed by atoms with van der Waals surface area (Å²) in [4.78, 5) is 19.1. The Bertz CT molecular complexity index is 740. The van der Waals surface area contributed by atoms with Gasteiger partial charge in [0, 0.05) is 6.20 Å². The van der Waals surface area contributed by atoms with E-state index in [0.29, 0.717) is 11.3 Å². The van der Waals surface area contributed by atoms with Gasteiger partial charge in [-0.1, -0.05) is 0 Å². The summed E-state index contributed by atoms with van der Waals surface area (Å²) >= 11 is 0.842. The van der Waals surface area contributed by atoms with Crippen LogP contribution >= 0.6 is 11.3 Å². The molecule has 9 heteroatoms. The number of rotatable bonds is 4. The van der Waals surface area contributed by atoms with Crippen LogP contribution in [0.25, 0.3) is 0 Å². The van der Waals surface area contributed by atoms with Crippen molar-refractivity contribution in [3.8, 4) is 0 Å². The van der Waals surface area contributed by atoms with Crippen molar-refractivity contribution in [3.63, 3.8) is 0 Å². The van der Waals surface area contributed by atoms with Crippen LogP contribution < -0.4 is 4.72 Å². The van der Waals surface area contributed by atoms with Crippen molar-refractivity contribution in [1.82, 2.24) is 9.97 Å². The Kier molecular flexibility index (Phi) is 4.00. The van der Waals surface area contributed by atoms with Crippen LogP contribution in [0.2, 0.25) is 0 Å². The molecule has 0 atom stereocenters. The van der Waals surface area contributed by atoms with E-state index in [1.807, 2.05) is 0 Å². The number of carbonyl (C=O) groups is 1. The lowest BCUT2D eigenvalue weighted by atomic mass is 10.3. The van der Waals surface area contributed by atoms with E-state index in [1.54, 1.807) is 19.2 Å². The van der Waals surface area contributed by atoms with Crippen LogP contribution in [-0.2, 0) is 14.8 Å². The zero-order valence-electron chi connectivity index (χ0n) is 10.7. The number of pyridine rings is 1. The highest BCUT2D eigenvalue weighted by Gasteiger charge is 2.27. The van der Waals surface area contributed by atoms with Gasteiger partial charge in [-0.3, -0.25) is 9.71 Å². The first-order chi connectivity index (χ1) is 9.45. The standard InChI is InChI=1S/C11H11N3O4S2/c1-7-3-4-12-5-8(7)14-20(16,17)11-9(10(15)18-2)13-6-19-11/h3-6,14H,1-2H3. The molecule has 0 radical (unpaired) electrons. The second-order valence-corrected chi connectivity index (χ2v) is 6.51. The first-order valence-corrected chi connectivity index (χ1v) is 7.77. The van der Waals surface area contributed by atoms with Crippen molar-refractivity contribution in [3.05, 3.63) is 35.2 Å². The van der Waals surface area contributed by atoms with Gasteiger partial charge in [-0.25, -0.2) is 18.2 Å². The lowest BCUT2D eigenvalue weighted by Crippen LogP contribution is -2.16. The Balaban J connectivity index is 2.40. The summed E-state index contributed by atoms with van der Waals surface area (Å²) in [6.07, 6.45) is 2.95. The fourth-order valence-corrected chi connectivity index (χ4v) is 3.67. The predicted octanol–water partition coefficient (Wildman–Crippen LogP) is 1.43. The minimum Gasteiger partial charge on any atom is -0.464 e. The van der Waals surface area contributed by atoms with E-state index in [-0.39, 0.29) is 9.90 Å². The average molecular weight is 313 g/mol. The first-order valence-electron chi connectivity index (χ1n) is 5.41. The lowest BCUT2D eigenvalue weighted by Gasteiger charge is -2.08. The number of sulfonamides is 1. The number of nitrogens with zero attached hydrogens (tertiary/aromatic N) is 2. The van der Waals surface area contributed by atoms with Crippen molar-refractivity contribution in [1.29, 1.82) is 0 Å². The average Bonchev–Trinajstić information content (AvgIpc) is 2.90. The van der Waals surface area contributed by atoms with Crippen molar-refractivity contribution < 1.29 is 17.9 Å². The van der Waals surface area contributed by atoms with Gasteiger partial charge in [0.15, 0.2) is 9.90 Å². The zero-order valence-corrected chi connectivity index (χ0v) is 12.3. The van der Waals surface area contributed by atoms with Crippen LogP contribution in [0.1, 0.15) is 16.1 Å². The van der Waals surface area contributed by atoms with Gasteiger partial charge in [-0.2, -0.15) is 0 Å². The zero-order chi connectivity index (χ0) is 14.8. The third-order valence-corrected chi connectivity index (χ3v) is 5.18. The SMILES string of the molecule is COC(=O)c1ncsc1S(=O)(=O)Nc1cnccc1C. The maximum Gasteiger partial charge on any atom is 0.358 e. The number of carbonyl (C=O) groups excluding carboxylic acids is 1. The van der Waals surface area contributed by atoms with Gasteiger partial charge in [-0.05, 0) is 18.6 Å². The number of methoxy groups -OCH3 is 1. The largest absolute Gasteiger partial charge is 0.464 e. The van der Waals surface area contributed by atoms with E-state index in [9.17, 15) is 13.2 Å². The van der Waals surface area contributed by atoms with E-state index >= 15 is 0 Å². The van der Waals surface area contributed by atoms with Crippen LogP contribution in [0.15, 0.2) is 28.2 Å². The minimum atomic E-state index is -3.91. The van der Waals surface area contributed by atoms with Crippen LogP contribution in [-0.4, -0.2) is 31.5 Å². The second-order valence-electron chi connectivity index (χ2n) is 3.78. The normalized spacial score (nSPS) is 11.1. The molecule has 2 rings (SSSR count). The summed E-state index contributed by atoms with van der Waals surface area (Å²) in [6.45, 7) is 1.74. The molecule has 2 heterocycles. The summed E-state index contributed by atoms with van der Waals surface area (Å²) in [5.74, 6) is -0.797. The van der Waals surface area contributed by atoms with Gasteiger partial charge >= 0.3 is 5.97 Å². The number of thiazole rings is 1. The van der Waals surface area contributed by atoms with Gasteiger partial charge in [0.2, 0.25) is 0 Å². The summed E-state index contributed by atoms with van der Waals surface area (Å²) in [7, 11) is -2.75. The molecule has 106 valence electrons. The molecule has 0 saturated heterocycles. The Morgan fingerprint density at radius 2 is 2.20 bits per heavy atom. The number of aryl methyl sites for hydroxylation is 1. The molecule has 0 aliphatic heterocycles. The van der Waals surface area contributed by atoms with E-state index < -0.39 is 16.0 Å². The Labute approximate surface area is 119 Å². The van der Waals surface area contributed by atoms with E-state index in [0.717, 1.165) is 18.4 Å². The minimum absolute atomic E-state index is 0.187. The molecule has 0 bridgehead atoms. The number of aromatic nitrogens is 2. The summed E-state index contributed by atoms with van der Waals surface area (Å²) < 4.78 is 31.3. The van der Waals surface area contributed by atoms with E-state index in [4.69, 9.17) is 0 Å². The fraction of sp³-hybridized carbons (Fsp3) is 0.182. The Hall–Kier alpha value is -2.00. The first kappa shape index (κ1) is 14.4. The molecule has 0 fully saturated rings.